The molecule has 1 saturated heterocycles. The summed E-state index contributed by atoms with van der Waals surface area (Å²) in [4.78, 5) is 20.8. The standard InChI is InChI=1S/C5H6O3S/c6-3-1-2-9-4(3)5(7)8/h4H,1-2H2,(H,7,8)/t4-/m1/s1. The van der Waals surface area contributed by atoms with Crippen LogP contribution in [-0.2, 0) is 9.59 Å². The van der Waals surface area contributed by atoms with E-state index >= 15 is 0 Å². The fourth-order valence-corrected chi connectivity index (χ4v) is 1.71. The number of hydrogen-bond donors (Lipinski definition) is 1. The summed E-state index contributed by atoms with van der Waals surface area (Å²) < 4.78 is 0. The molecule has 50 valence electrons. The van der Waals surface area contributed by atoms with Crippen LogP contribution < -0.4 is 0 Å². The van der Waals surface area contributed by atoms with Gasteiger partial charge in [-0.3, -0.25) is 9.59 Å². The minimum atomic E-state index is -0.998. The Labute approximate surface area is 56.4 Å². The lowest BCUT2D eigenvalue weighted by atomic mass is 10.2. The molecule has 9 heavy (non-hydrogen) atoms. The molecule has 0 amide bonds. The van der Waals surface area contributed by atoms with E-state index in [0.29, 0.717) is 12.2 Å². The topological polar surface area (TPSA) is 54.4 Å². The number of carbonyl (C=O) groups is 2. The summed E-state index contributed by atoms with van der Waals surface area (Å²) in [5.41, 5.74) is 0. The van der Waals surface area contributed by atoms with E-state index in [2.05, 4.69) is 0 Å². The van der Waals surface area contributed by atoms with Gasteiger partial charge < -0.3 is 5.11 Å². The summed E-state index contributed by atoms with van der Waals surface area (Å²) in [5.74, 6) is -0.481. The van der Waals surface area contributed by atoms with E-state index in [1.165, 1.54) is 11.8 Å². The lowest BCUT2D eigenvalue weighted by Gasteiger charge is -1.96. The molecule has 1 N–H and O–H groups in total. The van der Waals surface area contributed by atoms with Crippen molar-refractivity contribution in [2.24, 2.45) is 0 Å². The number of Topliss-reactive ketones (excluding diaryl/α,β-unsaturated/α-hetero) is 1. The van der Waals surface area contributed by atoms with Gasteiger partial charge in [0, 0.05) is 12.2 Å². The molecule has 1 aliphatic rings. The number of hydrogen-bond acceptors (Lipinski definition) is 3. The van der Waals surface area contributed by atoms with Crippen molar-refractivity contribution < 1.29 is 14.7 Å². The largest absolute Gasteiger partial charge is 0.480 e. The third kappa shape index (κ3) is 1.24. The Morgan fingerprint density at radius 2 is 2.44 bits per heavy atom. The van der Waals surface area contributed by atoms with Crippen LogP contribution in [0.4, 0.5) is 0 Å². The number of carboxylic acid groups (broad SMARTS) is 1. The third-order valence-electron chi connectivity index (χ3n) is 1.15. The van der Waals surface area contributed by atoms with Crippen LogP contribution in [-0.4, -0.2) is 27.9 Å². The van der Waals surface area contributed by atoms with Crippen LogP contribution in [0.15, 0.2) is 0 Å². The normalized spacial score (nSPS) is 26.7. The first kappa shape index (κ1) is 6.61. The van der Waals surface area contributed by atoms with Gasteiger partial charge in [0.05, 0.1) is 0 Å². The fourth-order valence-electron chi connectivity index (χ4n) is 0.710. The molecule has 4 heteroatoms. The van der Waals surface area contributed by atoms with Gasteiger partial charge >= 0.3 is 5.97 Å². The summed E-state index contributed by atoms with van der Waals surface area (Å²) >= 11 is 1.21. The van der Waals surface area contributed by atoms with Crippen molar-refractivity contribution in [3.63, 3.8) is 0 Å². The molecule has 0 aliphatic carbocycles. The third-order valence-corrected chi connectivity index (χ3v) is 2.39. The Morgan fingerprint density at radius 3 is 2.67 bits per heavy atom. The van der Waals surface area contributed by atoms with Crippen molar-refractivity contribution in [2.45, 2.75) is 11.7 Å². The zero-order chi connectivity index (χ0) is 6.85. The van der Waals surface area contributed by atoms with Crippen LogP contribution in [0, 0.1) is 0 Å². The summed E-state index contributed by atoms with van der Waals surface area (Å²) in [6.45, 7) is 0. The second kappa shape index (κ2) is 2.39. The second-order valence-electron chi connectivity index (χ2n) is 1.81. The van der Waals surface area contributed by atoms with Crippen molar-refractivity contribution in [3.8, 4) is 0 Å². The number of thioether (sulfide) groups is 1. The van der Waals surface area contributed by atoms with E-state index in [4.69, 9.17) is 5.11 Å². The Hall–Kier alpha value is -0.510. The minimum absolute atomic E-state index is 0.146. The predicted molar refractivity (Wildman–Crippen MR) is 33.5 cm³/mol. The van der Waals surface area contributed by atoms with Crippen molar-refractivity contribution in [3.05, 3.63) is 0 Å². The summed E-state index contributed by atoms with van der Waals surface area (Å²) in [6.07, 6.45) is 0.418. The summed E-state index contributed by atoms with van der Waals surface area (Å²) in [7, 11) is 0. The smallest absolute Gasteiger partial charge is 0.324 e. The maximum atomic E-state index is 10.6. The van der Waals surface area contributed by atoms with Crippen LogP contribution in [0.5, 0.6) is 0 Å². The molecule has 1 heterocycles. The summed E-state index contributed by atoms with van der Waals surface area (Å²) in [5, 5.41) is 7.57. The fraction of sp³-hybridized carbons (Fsp3) is 0.600. The molecule has 0 radical (unpaired) electrons. The van der Waals surface area contributed by atoms with Gasteiger partial charge in [0.1, 0.15) is 0 Å². The van der Waals surface area contributed by atoms with Gasteiger partial charge in [-0.15, -0.1) is 11.8 Å². The molecule has 3 nitrogen and oxygen atoms in total. The molecule has 0 aromatic rings. The highest BCUT2D eigenvalue weighted by molar-refractivity contribution is 8.01. The molecule has 0 aromatic heterocycles. The predicted octanol–water partition coefficient (Wildman–Crippen LogP) is 0.146. The first-order chi connectivity index (χ1) is 4.22. The zero-order valence-corrected chi connectivity index (χ0v) is 5.48. The number of carbonyl (C=O) groups excluding carboxylic acids is 1. The van der Waals surface area contributed by atoms with Gasteiger partial charge in [0.2, 0.25) is 0 Å². The molecule has 0 unspecified atom stereocenters. The first-order valence-corrected chi connectivity index (χ1v) is 3.64. The molecule has 0 aromatic carbocycles. The van der Waals surface area contributed by atoms with Crippen molar-refractivity contribution in [1.82, 2.24) is 0 Å². The first-order valence-electron chi connectivity index (χ1n) is 2.59. The number of rotatable bonds is 1. The quantitative estimate of drug-likeness (QED) is 0.535. The van der Waals surface area contributed by atoms with Crippen LogP contribution in [0.3, 0.4) is 0 Å². The lowest BCUT2D eigenvalue weighted by Crippen LogP contribution is -2.21. The van der Waals surface area contributed by atoms with Crippen LogP contribution in [0.25, 0.3) is 0 Å². The molecule has 0 spiro atoms. The van der Waals surface area contributed by atoms with Gasteiger partial charge in [0.15, 0.2) is 11.0 Å². The van der Waals surface area contributed by atoms with Gasteiger partial charge in [-0.1, -0.05) is 0 Å². The van der Waals surface area contributed by atoms with E-state index in [9.17, 15) is 9.59 Å². The Bertz CT molecular complexity index is 154. The van der Waals surface area contributed by atoms with Crippen LogP contribution in [0.2, 0.25) is 0 Å². The average molecular weight is 146 g/mol. The average Bonchev–Trinajstić information content (AvgIpc) is 2.13. The highest BCUT2D eigenvalue weighted by atomic mass is 32.2. The van der Waals surface area contributed by atoms with Crippen LogP contribution >= 0.6 is 11.8 Å². The van der Waals surface area contributed by atoms with Gasteiger partial charge in [-0.2, -0.15) is 0 Å². The highest BCUT2D eigenvalue weighted by Crippen LogP contribution is 2.22. The molecule has 1 rings (SSSR count). The number of carboxylic acids is 1. The molecular formula is C5H6O3S. The second-order valence-corrected chi connectivity index (χ2v) is 3.02. The Morgan fingerprint density at radius 1 is 1.78 bits per heavy atom. The SMILES string of the molecule is O=C(O)[C@@H]1SCCC1=O. The van der Waals surface area contributed by atoms with Crippen molar-refractivity contribution in [1.29, 1.82) is 0 Å². The minimum Gasteiger partial charge on any atom is -0.480 e. The van der Waals surface area contributed by atoms with Gasteiger partial charge in [0.25, 0.3) is 0 Å². The molecule has 1 fully saturated rings. The van der Waals surface area contributed by atoms with E-state index in [1.54, 1.807) is 0 Å². The molecular weight excluding hydrogens is 140 g/mol. The van der Waals surface area contributed by atoms with Gasteiger partial charge in [-0.25, -0.2) is 0 Å². The maximum absolute atomic E-state index is 10.6. The molecule has 0 saturated carbocycles. The monoisotopic (exact) mass is 146 g/mol. The Kier molecular flexibility index (Phi) is 1.75. The maximum Gasteiger partial charge on any atom is 0.324 e. The van der Waals surface area contributed by atoms with Crippen LogP contribution in [0.1, 0.15) is 6.42 Å². The van der Waals surface area contributed by atoms with Crippen molar-refractivity contribution >= 4 is 23.5 Å². The molecule has 0 bridgehead atoms. The lowest BCUT2D eigenvalue weighted by molar-refractivity contribution is -0.139. The number of aliphatic carboxylic acids is 1. The molecule has 1 aliphatic heterocycles. The van der Waals surface area contributed by atoms with E-state index in [-0.39, 0.29) is 5.78 Å². The van der Waals surface area contributed by atoms with E-state index in [1.807, 2.05) is 0 Å². The Balaban J connectivity index is 2.60. The van der Waals surface area contributed by atoms with Gasteiger partial charge in [-0.05, 0) is 0 Å². The molecule has 1 atom stereocenters. The zero-order valence-electron chi connectivity index (χ0n) is 4.66. The number of ketones is 1. The summed E-state index contributed by atoms with van der Waals surface area (Å²) in [6, 6.07) is 0. The van der Waals surface area contributed by atoms with E-state index < -0.39 is 11.2 Å². The highest BCUT2D eigenvalue weighted by Gasteiger charge is 2.31. The van der Waals surface area contributed by atoms with Crippen molar-refractivity contribution in [2.75, 3.05) is 5.75 Å². The van der Waals surface area contributed by atoms with E-state index in [0.717, 1.165) is 0 Å².